The molecule has 5 heteroatoms. The van der Waals surface area contributed by atoms with Crippen molar-refractivity contribution in [3.8, 4) is 0 Å². The van der Waals surface area contributed by atoms with E-state index in [1.165, 1.54) is 6.07 Å². The lowest BCUT2D eigenvalue weighted by Crippen LogP contribution is -2.45. The lowest BCUT2D eigenvalue weighted by Gasteiger charge is -2.21. The summed E-state index contributed by atoms with van der Waals surface area (Å²) in [5, 5.41) is 15.8. The van der Waals surface area contributed by atoms with Crippen LogP contribution in [0.3, 0.4) is 0 Å². The first-order chi connectivity index (χ1) is 11.5. The second-order valence-electron chi connectivity index (χ2n) is 6.26. The SMILES string of the molecule is CC(Cc1ccccc1F)NC(=O)NC1c2ccccc2CC1O. The molecule has 0 fully saturated rings. The number of fused-ring (bicyclic) bond motifs is 1. The van der Waals surface area contributed by atoms with Crippen molar-refractivity contribution in [3.05, 3.63) is 71.0 Å². The highest BCUT2D eigenvalue weighted by Gasteiger charge is 2.32. The molecule has 0 spiro atoms. The van der Waals surface area contributed by atoms with Crippen LogP contribution < -0.4 is 10.6 Å². The van der Waals surface area contributed by atoms with Gasteiger partial charge in [0, 0.05) is 12.5 Å². The third-order valence-electron chi connectivity index (χ3n) is 4.35. The molecule has 0 saturated heterocycles. The molecule has 2 aromatic rings. The van der Waals surface area contributed by atoms with Crippen LogP contribution in [0.4, 0.5) is 9.18 Å². The third kappa shape index (κ3) is 3.57. The number of carbonyl (C=O) groups excluding carboxylic acids is 1. The van der Waals surface area contributed by atoms with Gasteiger partial charge in [-0.2, -0.15) is 0 Å². The molecule has 0 aliphatic heterocycles. The molecule has 2 aromatic carbocycles. The van der Waals surface area contributed by atoms with Gasteiger partial charge in [0.15, 0.2) is 0 Å². The molecule has 2 amide bonds. The maximum absolute atomic E-state index is 13.7. The van der Waals surface area contributed by atoms with Gasteiger partial charge in [-0.1, -0.05) is 42.5 Å². The Hall–Kier alpha value is -2.40. The molecule has 0 heterocycles. The minimum atomic E-state index is -0.630. The number of aliphatic hydroxyl groups is 1. The Labute approximate surface area is 140 Å². The number of nitrogens with one attached hydrogen (secondary N) is 2. The van der Waals surface area contributed by atoms with E-state index in [0.29, 0.717) is 18.4 Å². The van der Waals surface area contributed by atoms with Gasteiger partial charge in [0.25, 0.3) is 0 Å². The number of carbonyl (C=O) groups is 1. The molecule has 0 saturated carbocycles. The van der Waals surface area contributed by atoms with Crippen molar-refractivity contribution in [2.24, 2.45) is 0 Å². The summed E-state index contributed by atoms with van der Waals surface area (Å²) in [5.74, 6) is -0.272. The number of aliphatic hydroxyl groups excluding tert-OH is 1. The first-order valence-electron chi connectivity index (χ1n) is 8.11. The second-order valence-corrected chi connectivity index (χ2v) is 6.26. The molecule has 3 unspecified atom stereocenters. The highest BCUT2D eigenvalue weighted by Crippen LogP contribution is 2.31. The zero-order valence-corrected chi connectivity index (χ0v) is 13.5. The molecule has 0 bridgehead atoms. The topological polar surface area (TPSA) is 61.4 Å². The molecule has 0 radical (unpaired) electrons. The predicted octanol–water partition coefficient (Wildman–Crippen LogP) is 2.71. The number of amides is 2. The molecule has 24 heavy (non-hydrogen) atoms. The molecule has 4 nitrogen and oxygen atoms in total. The lowest BCUT2D eigenvalue weighted by molar-refractivity contribution is 0.142. The van der Waals surface area contributed by atoms with E-state index in [2.05, 4.69) is 10.6 Å². The van der Waals surface area contributed by atoms with Crippen LogP contribution in [0.1, 0.15) is 29.7 Å². The fraction of sp³-hybridized carbons (Fsp3) is 0.316. The van der Waals surface area contributed by atoms with E-state index in [0.717, 1.165) is 11.1 Å². The predicted molar refractivity (Wildman–Crippen MR) is 90.1 cm³/mol. The summed E-state index contributed by atoms with van der Waals surface area (Å²) in [7, 11) is 0. The summed E-state index contributed by atoms with van der Waals surface area (Å²) in [5.41, 5.74) is 2.56. The van der Waals surface area contributed by atoms with Crippen molar-refractivity contribution in [1.82, 2.24) is 10.6 Å². The number of benzene rings is 2. The Balaban J connectivity index is 1.59. The van der Waals surface area contributed by atoms with Gasteiger partial charge in [-0.3, -0.25) is 0 Å². The Morgan fingerprint density at radius 1 is 1.25 bits per heavy atom. The van der Waals surface area contributed by atoms with Gasteiger partial charge in [-0.05, 0) is 36.1 Å². The average Bonchev–Trinajstić information content (AvgIpc) is 2.85. The smallest absolute Gasteiger partial charge is 0.315 e. The molecule has 3 rings (SSSR count). The zero-order chi connectivity index (χ0) is 17.1. The summed E-state index contributed by atoms with van der Waals surface area (Å²) in [4.78, 5) is 12.2. The Morgan fingerprint density at radius 3 is 2.75 bits per heavy atom. The van der Waals surface area contributed by atoms with Crippen molar-refractivity contribution in [2.75, 3.05) is 0 Å². The van der Waals surface area contributed by atoms with Crippen molar-refractivity contribution in [2.45, 2.75) is 38.0 Å². The number of rotatable bonds is 4. The molecule has 1 aliphatic carbocycles. The lowest BCUT2D eigenvalue weighted by atomic mass is 10.1. The number of hydrogen-bond acceptors (Lipinski definition) is 2. The Morgan fingerprint density at radius 2 is 1.96 bits per heavy atom. The highest BCUT2D eigenvalue weighted by molar-refractivity contribution is 5.75. The van der Waals surface area contributed by atoms with E-state index >= 15 is 0 Å². The third-order valence-corrected chi connectivity index (χ3v) is 4.35. The maximum Gasteiger partial charge on any atom is 0.315 e. The molecular weight excluding hydrogens is 307 g/mol. The van der Waals surface area contributed by atoms with E-state index in [4.69, 9.17) is 0 Å². The van der Waals surface area contributed by atoms with E-state index < -0.39 is 12.1 Å². The van der Waals surface area contributed by atoms with Crippen LogP contribution in [-0.2, 0) is 12.8 Å². The van der Waals surface area contributed by atoms with Gasteiger partial charge in [-0.15, -0.1) is 0 Å². The van der Waals surface area contributed by atoms with Crippen LogP contribution in [0.25, 0.3) is 0 Å². The van der Waals surface area contributed by atoms with Crippen LogP contribution >= 0.6 is 0 Å². The van der Waals surface area contributed by atoms with Gasteiger partial charge in [0.2, 0.25) is 0 Å². The normalized spacial score (nSPS) is 20.3. The van der Waals surface area contributed by atoms with Crippen molar-refractivity contribution in [3.63, 3.8) is 0 Å². The number of urea groups is 1. The molecular formula is C19H21FN2O2. The summed E-state index contributed by atoms with van der Waals surface area (Å²) < 4.78 is 13.7. The fourth-order valence-corrected chi connectivity index (χ4v) is 3.20. The molecule has 3 atom stereocenters. The van der Waals surface area contributed by atoms with Gasteiger partial charge >= 0.3 is 6.03 Å². The van der Waals surface area contributed by atoms with Crippen LogP contribution in [0, 0.1) is 5.82 Å². The Kier molecular flexibility index (Phi) is 4.81. The van der Waals surface area contributed by atoms with Gasteiger partial charge in [-0.25, -0.2) is 9.18 Å². The van der Waals surface area contributed by atoms with E-state index in [1.807, 2.05) is 31.2 Å². The molecule has 0 aromatic heterocycles. The van der Waals surface area contributed by atoms with Crippen molar-refractivity contribution < 1.29 is 14.3 Å². The first kappa shape index (κ1) is 16.5. The van der Waals surface area contributed by atoms with E-state index in [1.54, 1.807) is 18.2 Å². The van der Waals surface area contributed by atoms with Crippen molar-refractivity contribution in [1.29, 1.82) is 0 Å². The van der Waals surface area contributed by atoms with Crippen LogP contribution in [-0.4, -0.2) is 23.3 Å². The van der Waals surface area contributed by atoms with E-state index in [-0.39, 0.29) is 17.9 Å². The Bertz CT molecular complexity index is 735. The minimum absolute atomic E-state index is 0.226. The molecule has 126 valence electrons. The highest BCUT2D eigenvalue weighted by atomic mass is 19.1. The average molecular weight is 328 g/mol. The minimum Gasteiger partial charge on any atom is -0.390 e. The van der Waals surface area contributed by atoms with Crippen LogP contribution in [0.15, 0.2) is 48.5 Å². The van der Waals surface area contributed by atoms with Gasteiger partial charge < -0.3 is 15.7 Å². The monoisotopic (exact) mass is 328 g/mol. The zero-order valence-electron chi connectivity index (χ0n) is 13.5. The molecule has 3 N–H and O–H groups in total. The largest absolute Gasteiger partial charge is 0.390 e. The summed E-state index contributed by atoms with van der Waals surface area (Å²) in [6, 6.07) is 13.2. The number of hydrogen-bond donors (Lipinski definition) is 3. The standard InChI is InChI=1S/C19H21FN2O2/c1-12(10-14-7-3-5-9-16(14)20)21-19(24)22-18-15-8-4-2-6-13(15)11-17(18)23/h2-9,12,17-18,23H,10-11H2,1H3,(H2,21,22,24). The fourth-order valence-electron chi connectivity index (χ4n) is 3.20. The maximum atomic E-state index is 13.7. The number of halogens is 1. The summed E-state index contributed by atoms with van der Waals surface area (Å²) in [6.07, 6.45) is 0.311. The quantitative estimate of drug-likeness (QED) is 0.808. The van der Waals surface area contributed by atoms with Crippen LogP contribution in [0.2, 0.25) is 0 Å². The van der Waals surface area contributed by atoms with Crippen LogP contribution in [0.5, 0.6) is 0 Å². The molecule has 1 aliphatic rings. The van der Waals surface area contributed by atoms with E-state index in [9.17, 15) is 14.3 Å². The second kappa shape index (κ2) is 7.01. The van der Waals surface area contributed by atoms with Crippen molar-refractivity contribution >= 4 is 6.03 Å². The van der Waals surface area contributed by atoms with Gasteiger partial charge in [0.05, 0.1) is 12.1 Å². The summed E-state index contributed by atoms with van der Waals surface area (Å²) >= 11 is 0. The first-order valence-corrected chi connectivity index (χ1v) is 8.11. The summed E-state index contributed by atoms with van der Waals surface area (Å²) in [6.45, 7) is 1.82. The van der Waals surface area contributed by atoms with Gasteiger partial charge in [0.1, 0.15) is 5.82 Å².